The maximum atomic E-state index is 12.0. The molecule has 1 heterocycles. The van der Waals surface area contributed by atoms with Crippen molar-refractivity contribution in [3.63, 3.8) is 0 Å². The molecule has 0 aliphatic carbocycles. The quantitative estimate of drug-likeness (QED) is 0.213. The highest BCUT2D eigenvalue weighted by atomic mass is 79.9. The largest absolute Gasteiger partial charge is 0.493 e. The van der Waals surface area contributed by atoms with Gasteiger partial charge < -0.3 is 9.47 Å². The molecule has 0 atom stereocenters. The van der Waals surface area contributed by atoms with Gasteiger partial charge in [0.1, 0.15) is 6.61 Å². The van der Waals surface area contributed by atoms with E-state index in [2.05, 4.69) is 42.3 Å². The highest BCUT2D eigenvalue weighted by molar-refractivity contribution is 9.10. The maximum absolute atomic E-state index is 12.0. The maximum Gasteiger partial charge on any atom is 0.250 e. The molecule has 0 fully saturated rings. The number of benzene rings is 1. The van der Waals surface area contributed by atoms with Crippen molar-refractivity contribution in [1.82, 2.24) is 15.4 Å². The lowest BCUT2D eigenvalue weighted by molar-refractivity contribution is -0.118. The Balaban J connectivity index is 1.96. The van der Waals surface area contributed by atoms with Gasteiger partial charge >= 0.3 is 0 Å². The van der Waals surface area contributed by atoms with Crippen molar-refractivity contribution in [1.29, 1.82) is 0 Å². The Morgan fingerprint density at radius 2 is 2.04 bits per heavy atom. The number of amides is 1. The van der Waals surface area contributed by atoms with E-state index >= 15 is 0 Å². The minimum Gasteiger partial charge on any atom is -0.493 e. The molecule has 0 radical (unpaired) electrons. The molecule has 146 valence electrons. The van der Waals surface area contributed by atoms with Gasteiger partial charge in [0, 0.05) is 21.4 Å². The van der Waals surface area contributed by atoms with E-state index in [1.807, 2.05) is 19.9 Å². The monoisotopic (exact) mass is 462 g/mol. The molecule has 9 heteroatoms. The van der Waals surface area contributed by atoms with E-state index < -0.39 is 0 Å². The topological polar surface area (TPSA) is 85.7 Å². The van der Waals surface area contributed by atoms with Crippen LogP contribution in [0.15, 0.2) is 32.9 Å². The van der Waals surface area contributed by atoms with Crippen LogP contribution in [0, 0.1) is 26.2 Å². The third kappa shape index (κ3) is 6.55. The number of thioether (sulfide) groups is 1. The first kappa shape index (κ1) is 21.7. The molecule has 0 spiro atoms. The Hall–Kier alpha value is -2.57. The van der Waals surface area contributed by atoms with Gasteiger partial charge in [-0.3, -0.25) is 4.79 Å². The Bertz CT molecular complexity index is 908. The van der Waals surface area contributed by atoms with Crippen LogP contribution in [-0.2, 0) is 4.79 Å². The second-order valence-corrected chi connectivity index (χ2v) is 7.33. The average Bonchev–Trinajstić information content (AvgIpc) is 2.65. The minimum absolute atomic E-state index is 0.133. The SMILES string of the molecule is C#CCOc1cc(Br)c(/C=N\NC(=O)CSc2nc(C)cc(C)n2)cc1OC. The number of terminal acetylenes is 1. The number of ether oxygens (including phenoxy) is 2. The second-order valence-electron chi connectivity index (χ2n) is 5.53. The Morgan fingerprint density at radius 3 is 2.68 bits per heavy atom. The molecule has 1 amide bonds. The fourth-order valence-corrected chi connectivity index (χ4v) is 3.30. The van der Waals surface area contributed by atoms with Crippen molar-refractivity contribution in [2.24, 2.45) is 5.10 Å². The van der Waals surface area contributed by atoms with Crippen LogP contribution in [0.4, 0.5) is 0 Å². The number of hydrogen-bond donors (Lipinski definition) is 1. The van der Waals surface area contributed by atoms with E-state index in [1.165, 1.54) is 25.1 Å². The Kier molecular flexibility index (Phi) is 8.29. The van der Waals surface area contributed by atoms with Gasteiger partial charge in [-0.2, -0.15) is 5.10 Å². The number of aromatic nitrogens is 2. The zero-order valence-electron chi connectivity index (χ0n) is 15.7. The van der Waals surface area contributed by atoms with Crippen molar-refractivity contribution in [2.75, 3.05) is 19.5 Å². The highest BCUT2D eigenvalue weighted by Gasteiger charge is 2.10. The number of nitrogens with one attached hydrogen (secondary N) is 1. The number of carbonyl (C=O) groups excluding carboxylic acids is 1. The number of methoxy groups -OCH3 is 1. The summed E-state index contributed by atoms with van der Waals surface area (Å²) in [7, 11) is 1.53. The zero-order valence-corrected chi connectivity index (χ0v) is 18.1. The summed E-state index contributed by atoms with van der Waals surface area (Å²) in [5.41, 5.74) is 4.91. The van der Waals surface area contributed by atoms with E-state index in [0.29, 0.717) is 22.2 Å². The van der Waals surface area contributed by atoms with Crippen LogP contribution in [0.2, 0.25) is 0 Å². The van der Waals surface area contributed by atoms with E-state index in [1.54, 1.807) is 12.1 Å². The van der Waals surface area contributed by atoms with Crippen LogP contribution in [0.3, 0.4) is 0 Å². The molecule has 1 N–H and O–H groups in total. The van der Waals surface area contributed by atoms with Gasteiger partial charge in [-0.15, -0.1) is 6.42 Å². The zero-order chi connectivity index (χ0) is 20.5. The van der Waals surface area contributed by atoms with Crippen LogP contribution in [-0.4, -0.2) is 41.6 Å². The smallest absolute Gasteiger partial charge is 0.250 e. The lowest BCUT2D eigenvalue weighted by atomic mass is 10.2. The molecule has 7 nitrogen and oxygen atoms in total. The third-order valence-electron chi connectivity index (χ3n) is 3.28. The molecule has 0 saturated heterocycles. The lowest BCUT2D eigenvalue weighted by Gasteiger charge is -2.10. The predicted molar refractivity (Wildman–Crippen MR) is 113 cm³/mol. The van der Waals surface area contributed by atoms with Gasteiger partial charge in [0.05, 0.1) is 19.1 Å². The normalized spacial score (nSPS) is 10.5. The number of rotatable bonds is 8. The van der Waals surface area contributed by atoms with E-state index in [9.17, 15) is 4.79 Å². The van der Waals surface area contributed by atoms with Crippen molar-refractivity contribution >= 4 is 39.8 Å². The summed E-state index contributed by atoms with van der Waals surface area (Å²) < 4.78 is 11.4. The molecule has 0 aliphatic rings. The summed E-state index contributed by atoms with van der Waals surface area (Å²) in [6, 6.07) is 5.33. The molecule has 2 rings (SSSR count). The molecule has 1 aromatic heterocycles. The summed E-state index contributed by atoms with van der Waals surface area (Å²) in [6.07, 6.45) is 6.72. The van der Waals surface area contributed by atoms with Crippen LogP contribution in [0.1, 0.15) is 17.0 Å². The molecule has 0 aliphatic heterocycles. The van der Waals surface area contributed by atoms with Gasteiger partial charge in [0.25, 0.3) is 5.91 Å². The standard InChI is InChI=1S/C19H19BrN4O3S/c1-5-6-27-17-9-15(20)14(8-16(17)26-4)10-21-24-18(25)11-28-19-22-12(2)7-13(3)23-19/h1,7-10H,6,11H2,2-4H3,(H,24,25)/b21-10-. The lowest BCUT2D eigenvalue weighted by Crippen LogP contribution is -2.19. The fourth-order valence-electron chi connectivity index (χ4n) is 2.14. The summed E-state index contributed by atoms with van der Waals surface area (Å²) in [5, 5.41) is 4.54. The van der Waals surface area contributed by atoms with E-state index in [0.717, 1.165) is 15.9 Å². The van der Waals surface area contributed by atoms with Crippen molar-refractivity contribution < 1.29 is 14.3 Å². The summed E-state index contributed by atoms with van der Waals surface area (Å²) in [5.74, 6) is 3.31. The minimum atomic E-state index is -0.263. The first-order valence-corrected chi connectivity index (χ1v) is 9.91. The van der Waals surface area contributed by atoms with Gasteiger partial charge in [0.2, 0.25) is 0 Å². The van der Waals surface area contributed by atoms with E-state index in [-0.39, 0.29) is 18.3 Å². The number of hydrazone groups is 1. The Labute approximate surface area is 176 Å². The average molecular weight is 463 g/mol. The summed E-state index contributed by atoms with van der Waals surface area (Å²) in [6.45, 7) is 3.91. The van der Waals surface area contributed by atoms with E-state index in [4.69, 9.17) is 15.9 Å². The van der Waals surface area contributed by atoms with Crippen LogP contribution < -0.4 is 14.9 Å². The number of halogens is 1. The van der Waals surface area contributed by atoms with Crippen LogP contribution >= 0.6 is 27.7 Å². The fraction of sp³-hybridized carbons (Fsp3) is 0.263. The number of nitrogens with zero attached hydrogens (tertiary/aromatic N) is 3. The van der Waals surface area contributed by atoms with Crippen LogP contribution in [0.25, 0.3) is 0 Å². The number of hydrogen-bond acceptors (Lipinski definition) is 7. The summed E-state index contributed by atoms with van der Waals surface area (Å²) >= 11 is 4.68. The van der Waals surface area contributed by atoms with Crippen molar-refractivity contribution in [3.8, 4) is 23.8 Å². The number of aryl methyl sites for hydroxylation is 2. The molecular weight excluding hydrogens is 444 g/mol. The van der Waals surface area contributed by atoms with Crippen molar-refractivity contribution in [2.45, 2.75) is 19.0 Å². The third-order valence-corrected chi connectivity index (χ3v) is 4.82. The van der Waals surface area contributed by atoms with Gasteiger partial charge in [-0.25, -0.2) is 15.4 Å². The molecule has 0 saturated carbocycles. The molecule has 28 heavy (non-hydrogen) atoms. The number of carbonyl (C=O) groups is 1. The molecule has 0 unspecified atom stereocenters. The summed E-state index contributed by atoms with van der Waals surface area (Å²) in [4.78, 5) is 20.5. The second kappa shape index (κ2) is 10.7. The molecular formula is C19H19BrN4O3S. The van der Waals surface area contributed by atoms with Gasteiger partial charge in [0.15, 0.2) is 16.7 Å². The predicted octanol–water partition coefficient (Wildman–Crippen LogP) is 3.12. The molecule has 2 aromatic rings. The van der Waals surface area contributed by atoms with Gasteiger partial charge in [-0.05, 0) is 48.0 Å². The van der Waals surface area contributed by atoms with Crippen molar-refractivity contribution in [3.05, 3.63) is 39.6 Å². The highest BCUT2D eigenvalue weighted by Crippen LogP contribution is 2.32. The van der Waals surface area contributed by atoms with Gasteiger partial charge in [-0.1, -0.05) is 17.7 Å². The Morgan fingerprint density at radius 1 is 1.32 bits per heavy atom. The van der Waals surface area contributed by atoms with Crippen LogP contribution in [0.5, 0.6) is 11.5 Å². The molecule has 0 bridgehead atoms. The molecule has 1 aromatic carbocycles. The first-order chi connectivity index (χ1) is 13.4. The first-order valence-electron chi connectivity index (χ1n) is 8.13.